The molecule has 1 aromatic rings. The highest BCUT2D eigenvalue weighted by molar-refractivity contribution is 7.09. The van der Waals surface area contributed by atoms with E-state index in [2.05, 4.69) is 0 Å². The molecule has 6 heteroatoms. The van der Waals surface area contributed by atoms with E-state index in [4.69, 9.17) is 5.11 Å². The Balaban J connectivity index is 2.45. The Morgan fingerprint density at radius 1 is 1.39 bits per heavy atom. The number of carbonyl (C=O) groups excluding carboxylic acids is 1. The van der Waals surface area contributed by atoms with Gasteiger partial charge in [0.05, 0.1) is 19.6 Å². The number of rotatable bonds is 7. The van der Waals surface area contributed by atoms with Crippen molar-refractivity contribution in [3.63, 3.8) is 0 Å². The van der Waals surface area contributed by atoms with Crippen molar-refractivity contribution in [1.29, 1.82) is 0 Å². The molecular formula is C12H18N2O3S. The molecule has 0 radical (unpaired) electrons. The van der Waals surface area contributed by atoms with Crippen LogP contribution in [0.3, 0.4) is 0 Å². The summed E-state index contributed by atoms with van der Waals surface area (Å²) >= 11 is 1.60. The summed E-state index contributed by atoms with van der Waals surface area (Å²) in [4.78, 5) is 26.9. The number of carboxylic acids is 1. The molecule has 0 aliphatic carbocycles. The van der Waals surface area contributed by atoms with Crippen LogP contribution in [0.1, 0.15) is 11.8 Å². The van der Waals surface area contributed by atoms with Gasteiger partial charge >= 0.3 is 5.97 Å². The molecule has 0 atom stereocenters. The number of thiophene rings is 1. The zero-order valence-corrected chi connectivity index (χ0v) is 11.4. The lowest BCUT2D eigenvalue weighted by atomic mass is 10.4. The van der Waals surface area contributed by atoms with Crippen LogP contribution in [-0.2, 0) is 16.1 Å². The molecule has 0 spiro atoms. The molecule has 0 fully saturated rings. The highest BCUT2D eigenvalue weighted by Crippen LogP contribution is 2.10. The summed E-state index contributed by atoms with van der Waals surface area (Å²) in [6, 6.07) is 3.92. The molecule has 1 heterocycles. The Morgan fingerprint density at radius 2 is 2.11 bits per heavy atom. The van der Waals surface area contributed by atoms with E-state index in [9.17, 15) is 9.59 Å². The van der Waals surface area contributed by atoms with Crippen LogP contribution >= 0.6 is 11.3 Å². The lowest BCUT2D eigenvalue weighted by Gasteiger charge is -2.22. The highest BCUT2D eigenvalue weighted by Gasteiger charge is 2.15. The standard InChI is InChI=1S/C12H18N2O3S/c1-3-14(9-12(16)17)8-11(15)13(2)7-10-5-4-6-18-10/h4-6H,3,7-9H2,1-2H3,(H,16,17). The summed E-state index contributed by atoms with van der Waals surface area (Å²) in [6.45, 7) is 3.00. The molecule has 1 aromatic heterocycles. The van der Waals surface area contributed by atoms with Gasteiger partial charge in [0.2, 0.25) is 5.91 Å². The number of carboxylic acid groups (broad SMARTS) is 1. The Bertz CT molecular complexity index is 392. The van der Waals surface area contributed by atoms with E-state index in [1.807, 2.05) is 24.4 Å². The molecule has 5 nitrogen and oxygen atoms in total. The van der Waals surface area contributed by atoms with Gasteiger partial charge in [-0.15, -0.1) is 11.3 Å². The maximum Gasteiger partial charge on any atom is 0.317 e. The van der Waals surface area contributed by atoms with Crippen LogP contribution in [0.25, 0.3) is 0 Å². The minimum atomic E-state index is -0.912. The van der Waals surface area contributed by atoms with Gasteiger partial charge in [-0.05, 0) is 18.0 Å². The van der Waals surface area contributed by atoms with Gasteiger partial charge in [0, 0.05) is 11.9 Å². The summed E-state index contributed by atoms with van der Waals surface area (Å²) in [6.07, 6.45) is 0. The van der Waals surface area contributed by atoms with Crippen LogP contribution in [-0.4, -0.2) is 53.5 Å². The first-order valence-corrected chi connectivity index (χ1v) is 6.61. The van der Waals surface area contributed by atoms with Gasteiger partial charge < -0.3 is 10.0 Å². The Hall–Kier alpha value is -1.40. The molecule has 0 aromatic carbocycles. The maximum atomic E-state index is 11.9. The molecule has 0 bridgehead atoms. The van der Waals surface area contributed by atoms with E-state index in [0.717, 1.165) is 4.88 Å². The molecule has 1 amide bonds. The normalized spacial score (nSPS) is 10.6. The highest BCUT2D eigenvalue weighted by atomic mass is 32.1. The van der Waals surface area contributed by atoms with Gasteiger partial charge in [-0.2, -0.15) is 0 Å². The third-order valence-corrected chi connectivity index (χ3v) is 3.42. The summed E-state index contributed by atoms with van der Waals surface area (Å²) < 4.78 is 0. The lowest BCUT2D eigenvalue weighted by molar-refractivity contribution is -0.139. The average Bonchev–Trinajstić information content (AvgIpc) is 2.80. The smallest absolute Gasteiger partial charge is 0.317 e. The fourth-order valence-corrected chi connectivity index (χ4v) is 2.26. The number of likely N-dealkylation sites (N-methyl/N-ethyl adjacent to an activating group) is 2. The third-order valence-electron chi connectivity index (χ3n) is 2.56. The zero-order valence-electron chi connectivity index (χ0n) is 10.6. The van der Waals surface area contributed by atoms with Crippen LogP contribution in [0.2, 0.25) is 0 Å². The molecule has 1 N–H and O–H groups in total. The number of carbonyl (C=O) groups is 2. The number of amides is 1. The fourth-order valence-electron chi connectivity index (χ4n) is 1.51. The van der Waals surface area contributed by atoms with E-state index in [0.29, 0.717) is 13.1 Å². The molecule has 0 saturated heterocycles. The molecule has 1 rings (SSSR count). The second kappa shape index (κ2) is 7.13. The Morgan fingerprint density at radius 3 is 2.61 bits per heavy atom. The van der Waals surface area contributed by atoms with E-state index >= 15 is 0 Å². The second-order valence-electron chi connectivity index (χ2n) is 4.03. The number of hydrogen-bond acceptors (Lipinski definition) is 4. The van der Waals surface area contributed by atoms with Crippen molar-refractivity contribution in [2.24, 2.45) is 0 Å². The molecule has 18 heavy (non-hydrogen) atoms. The first-order chi connectivity index (χ1) is 8.52. The van der Waals surface area contributed by atoms with Crippen LogP contribution in [0, 0.1) is 0 Å². The lowest BCUT2D eigenvalue weighted by Crippen LogP contribution is -2.40. The van der Waals surface area contributed by atoms with E-state index in [-0.39, 0.29) is 19.0 Å². The average molecular weight is 270 g/mol. The SMILES string of the molecule is CCN(CC(=O)O)CC(=O)N(C)Cc1cccs1. The van der Waals surface area contributed by atoms with E-state index in [1.54, 1.807) is 28.2 Å². The summed E-state index contributed by atoms with van der Waals surface area (Å²) in [5.41, 5.74) is 0. The van der Waals surface area contributed by atoms with Crippen molar-refractivity contribution >= 4 is 23.2 Å². The van der Waals surface area contributed by atoms with Crippen molar-refractivity contribution in [3.05, 3.63) is 22.4 Å². The van der Waals surface area contributed by atoms with Crippen molar-refractivity contribution in [2.75, 3.05) is 26.7 Å². The van der Waals surface area contributed by atoms with Crippen molar-refractivity contribution in [1.82, 2.24) is 9.80 Å². The monoisotopic (exact) mass is 270 g/mol. The van der Waals surface area contributed by atoms with E-state index in [1.165, 1.54) is 0 Å². The second-order valence-corrected chi connectivity index (χ2v) is 5.06. The summed E-state index contributed by atoms with van der Waals surface area (Å²) in [7, 11) is 1.73. The Kier molecular flexibility index (Phi) is 5.80. The summed E-state index contributed by atoms with van der Waals surface area (Å²) in [5.74, 6) is -0.975. The van der Waals surface area contributed by atoms with Gasteiger partial charge in [-0.25, -0.2) is 0 Å². The number of aliphatic carboxylic acids is 1. The minimum absolute atomic E-state index is 0.0634. The molecule has 100 valence electrons. The van der Waals surface area contributed by atoms with Crippen LogP contribution in [0.15, 0.2) is 17.5 Å². The minimum Gasteiger partial charge on any atom is -0.480 e. The van der Waals surface area contributed by atoms with Crippen LogP contribution < -0.4 is 0 Å². The van der Waals surface area contributed by atoms with Crippen molar-refractivity contribution in [2.45, 2.75) is 13.5 Å². The van der Waals surface area contributed by atoms with Gasteiger partial charge in [-0.1, -0.05) is 13.0 Å². The summed E-state index contributed by atoms with van der Waals surface area (Å²) in [5, 5.41) is 10.7. The molecule has 0 saturated carbocycles. The first kappa shape index (κ1) is 14.7. The van der Waals surface area contributed by atoms with Gasteiger partial charge in [0.1, 0.15) is 0 Å². The maximum absolute atomic E-state index is 11.9. The number of hydrogen-bond donors (Lipinski definition) is 1. The molecule has 0 aliphatic heterocycles. The number of nitrogens with zero attached hydrogens (tertiary/aromatic N) is 2. The molecular weight excluding hydrogens is 252 g/mol. The van der Waals surface area contributed by atoms with Gasteiger partial charge in [-0.3, -0.25) is 14.5 Å². The topological polar surface area (TPSA) is 60.9 Å². The van der Waals surface area contributed by atoms with Gasteiger partial charge in [0.15, 0.2) is 0 Å². The van der Waals surface area contributed by atoms with Gasteiger partial charge in [0.25, 0.3) is 0 Å². The predicted molar refractivity (Wildman–Crippen MR) is 70.5 cm³/mol. The zero-order chi connectivity index (χ0) is 13.5. The van der Waals surface area contributed by atoms with Crippen LogP contribution in [0.5, 0.6) is 0 Å². The fraction of sp³-hybridized carbons (Fsp3) is 0.500. The quantitative estimate of drug-likeness (QED) is 0.806. The van der Waals surface area contributed by atoms with Crippen molar-refractivity contribution in [3.8, 4) is 0 Å². The van der Waals surface area contributed by atoms with Crippen LogP contribution in [0.4, 0.5) is 0 Å². The predicted octanol–water partition coefficient (Wildman–Crippen LogP) is 1.11. The first-order valence-electron chi connectivity index (χ1n) is 5.73. The van der Waals surface area contributed by atoms with E-state index < -0.39 is 5.97 Å². The largest absolute Gasteiger partial charge is 0.480 e. The van der Waals surface area contributed by atoms with Crippen molar-refractivity contribution < 1.29 is 14.7 Å². The molecule has 0 aliphatic rings. The Labute approximate surface area is 111 Å². The molecule has 0 unspecified atom stereocenters. The third kappa shape index (κ3) is 4.85.